The highest BCUT2D eigenvalue weighted by molar-refractivity contribution is 5.92. The number of likely N-dealkylation sites (tertiary alicyclic amines) is 1. The third kappa shape index (κ3) is 2.40. The molecule has 0 aliphatic carbocycles. The summed E-state index contributed by atoms with van der Waals surface area (Å²) in [6.07, 6.45) is 2.17. The van der Waals surface area contributed by atoms with Crippen molar-refractivity contribution in [2.75, 3.05) is 13.1 Å². The number of fused-ring (bicyclic) bond motifs is 1. The van der Waals surface area contributed by atoms with Gasteiger partial charge >= 0.3 is 11.1 Å². The molecule has 2 aromatic heterocycles. The molecule has 4 rings (SSSR count). The quantitative estimate of drug-likeness (QED) is 0.582. The first-order valence-corrected chi connectivity index (χ1v) is 7.98. The van der Waals surface area contributed by atoms with Crippen molar-refractivity contribution in [3.63, 3.8) is 0 Å². The molecule has 10 heteroatoms. The molecule has 4 heterocycles. The zero-order valence-corrected chi connectivity index (χ0v) is 14.0. The predicted octanol–water partition coefficient (Wildman–Crippen LogP) is -1.51. The molecular weight excluding hydrogens is 328 g/mol. The minimum absolute atomic E-state index is 0.124. The fourth-order valence-corrected chi connectivity index (χ4v) is 3.48. The summed E-state index contributed by atoms with van der Waals surface area (Å²) < 4.78 is 9.92. The molecule has 2 aliphatic heterocycles. The van der Waals surface area contributed by atoms with E-state index in [0.717, 1.165) is 4.68 Å². The molecule has 25 heavy (non-hydrogen) atoms. The second-order valence-corrected chi connectivity index (χ2v) is 6.52. The van der Waals surface area contributed by atoms with E-state index >= 15 is 0 Å². The monoisotopic (exact) mass is 346 g/mol. The molecule has 1 atom stereocenters. The lowest BCUT2D eigenvalue weighted by molar-refractivity contribution is -0.0842. The van der Waals surface area contributed by atoms with E-state index < -0.39 is 16.7 Å². The summed E-state index contributed by atoms with van der Waals surface area (Å²) in [4.78, 5) is 38.5. The molecule has 1 fully saturated rings. The van der Waals surface area contributed by atoms with Gasteiger partial charge in [0.2, 0.25) is 0 Å². The second kappa shape index (κ2) is 5.38. The molecule has 10 nitrogen and oxygen atoms in total. The van der Waals surface area contributed by atoms with Crippen LogP contribution in [0.4, 0.5) is 0 Å². The second-order valence-electron chi connectivity index (χ2n) is 6.52. The number of hydrogen-bond donors (Lipinski definition) is 0. The van der Waals surface area contributed by atoms with E-state index in [2.05, 4.69) is 10.2 Å². The van der Waals surface area contributed by atoms with E-state index in [1.807, 2.05) is 0 Å². The van der Waals surface area contributed by atoms with Crippen LogP contribution in [0, 0.1) is 0 Å². The highest BCUT2D eigenvalue weighted by Gasteiger charge is 2.45. The van der Waals surface area contributed by atoms with Crippen LogP contribution in [0.5, 0.6) is 0 Å². The first kappa shape index (κ1) is 15.8. The Balaban J connectivity index is 1.61. The Kier molecular flexibility index (Phi) is 3.39. The van der Waals surface area contributed by atoms with Crippen molar-refractivity contribution in [3.05, 3.63) is 44.5 Å². The number of carbonyl (C=O) groups excluding carboxylic acids is 1. The molecule has 1 saturated heterocycles. The average molecular weight is 346 g/mol. The van der Waals surface area contributed by atoms with E-state index in [4.69, 9.17) is 4.74 Å². The summed E-state index contributed by atoms with van der Waals surface area (Å²) in [5.74, 6) is 0.301. The number of nitrogens with zero attached hydrogens (tertiary/aromatic N) is 6. The molecule has 0 N–H and O–H groups in total. The number of rotatable bonds is 1. The average Bonchev–Trinajstić information content (AvgIpc) is 3.20. The third-order valence-electron chi connectivity index (χ3n) is 4.90. The number of aryl methyl sites for hydroxylation is 2. The number of hydrogen-bond acceptors (Lipinski definition) is 6. The highest BCUT2D eigenvalue weighted by atomic mass is 16.5. The Morgan fingerprint density at radius 1 is 1.20 bits per heavy atom. The van der Waals surface area contributed by atoms with Crippen LogP contribution >= 0.6 is 0 Å². The van der Waals surface area contributed by atoms with E-state index in [-0.39, 0.29) is 19.1 Å². The minimum atomic E-state index is -0.668. The number of ether oxygens (including phenoxy) is 1. The number of amides is 1. The smallest absolute Gasteiger partial charge is 0.332 e. The highest BCUT2D eigenvalue weighted by Crippen LogP contribution is 2.31. The summed E-state index contributed by atoms with van der Waals surface area (Å²) in [5.41, 5.74) is -1.44. The topological polar surface area (TPSA) is 104 Å². The Morgan fingerprint density at radius 3 is 2.72 bits per heavy atom. The molecular formula is C15H18N6O4. The summed E-state index contributed by atoms with van der Waals surface area (Å²) in [5, 5.41) is 8.10. The first-order chi connectivity index (χ1) is 11.9. The fraction of sp³-hybridized carbons (Fsp3) is 0.533. The SMILES string of the molecule is Cn1nccc1C(=O)N1CCC2(C1)Cn1c(nn(C)c(=O)c1=O)CO2. The van der Waals surface area contributed by atoms with Gasteiger partial charge < -0.3 is 9.64 Å². The molecule has 1 unspecified atom stereocenters. The van der Waals surface area contributed by atoms with Crippen molar-refractivity contribution in [3.8, 4) is 0 Å². The van der Waals surface area contributed by atoms with Gasteiger partial charge in [0.1, 0.15) is 17.9 Å². The predicted molar refractivity (Wildman–Crippen MR) is 85.0 cm³/mol. The van der Waals surface area contributed by atoms with Crippen molar-refractivity contribution in [2.45, 2.75) is 25.2 Å². The van der Waals surface area contributed by atoms with Gasteiger partial charge in [-0.2, -0.15) is 10.2 Å². The van der Waals surface area contributed by atoms with Gasteiger partial charge in [-0.15, -0.1) is 0 Å². The van der Waals surface area contributed by atoms with E-state index in [1.165, 1.54) is 16.3 Å². The van der Waals surface area contributed by atoms with Gasteiger partial charge in [0.25, 0.3) is 5.91 Å². The molecule has 132 valence electrons. The van der Waals surface area contributed by atoms with E-state index in [0.29, 0.717) is 31.0 Å². The zero-order chi connectivity index (χ0) is 17.8. The van der Waals surface area contributed by atoms with Crippen LogP contribution in [0.3, 0.4) is 0 Å². The Morgan fingerprint density at radius 2 is 2.00 bits per heavy atom. The maximum Gasteiger partial charge on any atom is 0.332 e. The molecule has 0 aromatic carbocycles. The van der Waals surface area contributed by atoms with Crippen LogP contribution in [-0.4, -0.2) is 53.6 Å². The molecule has 2 aromatic rings. The van der Waals surface area contributed by atoms with Crippen LogP contribution in [0.15, 0.2) is 21.9 Å². The Hall–Kier alpha value is -2.75. The van der Waals surface area contributed by atoms with Gasteiger partial charge in [-0.25, -0.2) is 4.68 Å². The normalized spacial score (nSPS) is 22.4. The maximum absolute atomic E-state index is 12.6. The minimum Gasteiger partial charge on any atom is -0.363 e. The van der Waals surface area contributed by atoms with Crippen molar-refractivity contribution in [1.29, 1.82) is 0 Å². The fourth-order valence-electron chi connectivity index (χ4n) is 3.48. The third-order valence-corrected chi connectivity index (χ3v) is 4.90. The summed E-state index contributed by atoms with van der Waals surface area (Å²) in [6.45, 7) is 1.24. The first-order valence-electron chi connectivity index (χ1n) is 7.98. The molecule has 0 bridgehead atoms. The van der Waals surface area contributed by atoms with Crippen LogP contribution in [0.25, 0.3) is 0 Å². The molecule has 0 saturated carbocycles. The Bertz CT molecular complexity index is 973. The van der Waals surface area contributed by atoms with E-state index in [1.54, 1.807) is 24.2 Å². The van der Waals surface area contributed by atoms with Gasteiger partial charge in [0, 0.05) is 26.8 Å². The van der Waals surface area contributed by atoms with Crippen molar-refractivity contribution >= 4 is 5.91 Å². The summed E-state index contributed by atoms with van der Waals surface area (Å²) in [6, 6.07) is 1.67. The zero-order valence-electron chi connectivity index (χ0n) is 14.0. The number of carbonyl (C=O) groups is 1. The molecule has 2 aliphatic rings. The molecule has 1 spiro atoms. The molecule has 0 radical (unpaired) electrons. The van der Waals surface area contributed by atoms with Crippen LogP contribution in [-0.2, 0) is 32.0 Å². The largest absolute Gasteiger partial charge is 0.363 e. The standard InChI is InChI=1S/C15H18N6O4/c1-18-10(3-5-16-18)12(22)20-6-4-15(8-20)9-21-11(7-25-15)17-19(2)13(23)14(21)24/h3,5H,4,6-9H2,1-2H3. The van der Waals surface area contributed by atoms with Gasteiger partial charge in [0.15, 0.2) is 5.82 Å². The van der Waals surface area contributed by atoms with Gasteiger partial charge in [-0.05, 0) is 12.5 Å². The Labute approximate surface area is 142 Å². The lowest BCUT2D eigenvalue weighted by Crippen LogP contribution is -2.53. The number of aromatic nitrogens is 5. The van der Waals surface area contributed by atoms with Crippen molar-refractivity contribution in [1.82, 2.24) is 29.0 Å². The lowest BCUT2D eigenvalue weighted by atomic mass is 10.0. The van der Waals surface area contributed by atoms with Gasteiger partial charge in [-0.1, -0.05) is 0 Å². The van der Waals surface area contributed by atoms with Crippen LogP contribution in [0.2, 0.25) is 0 Å². The lowest BCUT2D eigenvalue weighted by Gasteiger charge is -2.34. The maximum atomic E-state index is 12.6. The summed E-state index contributed by atoms with van der Waals surface area (Å²) >= 11 is 0. The van der Waals surface area contributed by atoms with Crippen molar-refractivity contribution in [2.24, 2.45) is 14.1 Å². The van der Waals surface area contributed by atoms with Crippen LogP contribution in [0.1, 0.15) is 22.7 Å². The van der Waals surface area contributed by atoms with Crippen molar-refractivity contribution < 1.29 is 9.53 Å². The summed E-state index contributed by atoms with van der Waals surface area (Å²) in [7, 11) is 3.16. The van der Waals surface area contributed by atoms with Crippen LogP contribution < -0.4 is 11.1 Å². The van der Waals surface area contributed by atoms with Gasteiger partial charge in [-0.3, -0.25) is 23.6 Å². The molecule has 1 amide bonds. The van der Waals surface area contributed by atoms with Gasteiger partial charge in [0.05, 0.1) is 13.1 Å². The van der Waals surface area contributed by atoms with E-state index in [9.17, 15) is 14.4 Å².